The van der Waals surface area contributed by atoms with E-state index in [0.29, 0.717) is 13.0 Å². The van der Waals surface area contributed by atoms with Crippen molar-refractivity contribution in [1.29, 1.82) is 0 Å². The van der Waals surface area contributed by atoms with E-state index < -0.39 is 11.6 Å². The fourth-order valence-corrected chi connectivity index (χ4v) is 1.60. The van der Waals surface area contributed by atoms with Crippen LogP contribution in [0.15, 0.2) is 55.6 Å². The van der Waals surface area contributed by atoms with Gasteiger partial charge < -0.3 is 9.47 Å². The van der Waals surface area contributed by atoms with Crippen LogP contribution in [0.5, 0.6) is 0 Å². The van der Waals surface area contributed by atoms with Crippen molar-refractivity contribution in [2.45, 2.75) is 25.6 Å². The second kappa shape index (κ2) is 7.54. The van der Waals surface area contributed by atoms with Gasteiger partial charge in [-0.05, 0) is 12.5 Å². The van der Waals surface area contributed by atoms with Crippen LogP contribution in [0.4, 0.5) is 0 Å². The highest BCUT2D eigenvalue weighted by molar-refractivity contribution is 5.79. The third kappa shape index (κ3) is 4.72. The molecule has 0 spiro atoms. The first-order chi connectivity index (χ1) is 9.12. The molecule has 19 heavy (non-hydrogen) atoms. The molecule has 0 saturated heterocycles. The Bertz CT molecular complexity index is 425. The van der Waals surface area contributed by atoms with Crippen molar-refractivity contribution in [2.75, 3.05) is 6.61 Å². The Balaban J connectivity index is 2.61. The number of carbonyl (C=O) groups is 1. The van der Waals surface area contributed by atoms with Gasteiger partial charge in [0.2, 0.25) is 0 Å². The first-order valence-electron chi connectivity index (χ1n) is 6.19. The molecule has 0 bridgehead atoms. The van der Waals surface area contributed by atoms with Crippen molar-refractivity contribution in [3.63, 3.8) is 0 Å². The van der Waals surface area contributed by atoms with Gasteiger partial charge in [-0.1, -0.05) is 42.5 Å². The van der Waals surface area contributed by atoms with Crippen LogP contribution in [0.3, 0.4) is 0 Å². The summed E-state index contributed by atoms with van der Waals surface area (Å²) >= 11 is 0. The Morgan fingerprint density at radius 1 is 1.26 bits per heavy atom. The van der Waals surface area contributed by atoms with Crippen molar-refractivity contribution in [2.24, 2.45) is 0 Å². The summed E-state index contributed by atoms with van der Waals surface area (Å²) in [5.41, 5.74) is -0.0643. The molecule has 0 N–H and O–H groups in total. The lowest BCUT2D eigenvalue weighted by Crippen LogP contribution is -2.39. The van der Waals surface area contributed by atoms with Crippen molar-refractivity contribution < 1.29 is 14.3 Å². The van der Waals surface area contributed by atoms with Crippen molar-refractivity contribution >= 4 is 5.97 Å². The lowest BCUT2D eigenvalue weighted by atomic mass is 10.0. The van der Waals surface area contributed by atoms with Crippen LogP contribution in [0.2, 0.25) is 0 Å². The molecule has 0 aliphatic heterocycles. The molecule has 102 valence electrons. The normalized spacial score (nSPS) is 13.3. The standard InChI is InChI=1S/C16H20O3/c1-4-11-16(3,19-12-5-2)15(17)18-13-14-9-7-6-8-10-14/h4-10H,1-2,11-13H2,3H3/t16-/m1/s1. The predicted octanol–water partition coefficient (Wildman–Crippen LogP) is 3.27. The van der Waals surface area contributed by atoms with Gasteiger partial charge in [-0.15, -0.1) is 13.2 Å². The molecule has 0 amide bonds. The molecule has 0 fully saturated rings. The molecule has 0 saturated carbocycles. The van der Waals surface area contributed by atoms with Crippen LogP contribution < -0.4 is 0 Å². The minimum atomic E-state index is -1.01. The second-order valence-electron chi connectivity index (χ2n) is 4.39. The summed E-state index contributed by atoms with van der Waals surface area (Å²) in [5, 5.41) is 0. The molecule has 1 atom stereocenters. The Labute approximate surface area is 114 Å². The van der Waals surface area contributed by atoms with E-state index in [1.807, 2.05) is 30.3 Å². The predicted molar refractivity (Wildman–Crippen MR) is 75.6 cm³/mol. The monoisotopic (exact) mass is 260 g/mol. The number of hydrogen-bond acceptors (Lipinski definition) is 3. The van der Waals surface area contributed by atoms with Gasteiger partial charge in [-0.25, -0.2) is 4.79 Å². The van der Waals surface area contributed by atoms with Gasteiger partial charge in [-0.3, -0.25) is 0 Å². The Morgan fingerprint density at radius 3 is 2.53 bits per heavy atom. The molecule has 0 heterocycles. The second-order valence-corrected chi connectivity index (χ2v) is 4.39. The molecule has 1 rings (SSSR count). The van der Waals surface area contributed by atoms with E-state index in [-0.39, 0.29) is 6.61 Å². The van der Waals surface area contributed by atoms with E-state index in [1.54, 1.807) is 19.1 Å². The van der Waals surface area contributed by atoms with E-state index in [1.165, 1.54) is 0 Å². The zero-order chi connectivity index (χ0) is 14.1. The van der Waals surface area contributed by atoms with E-state index in [9.17, 15) is 4.79 Å². The van der Waals surface area contributed by atoms with Gasteiger partial charge in [-0.2, -0.15) is 0 Å². The molecular weight excluding hydrogens is 240 g/mol. The maximum atomic E-state index is 12.1. The van der Waals surface area contributed by atoms with Crippen LogP contribution in [-0.4, -0.2) is 18.2 Å². The molecule has 0 aromatic heterocycles. The maximum Gasteiger partial charge on any atom is 0.338 e. The van der Waals surface area contributed by atoms with Crippen molar-refractivity contribution in [3.05, 3.63) is 61.2 Å². The Morgan fingerprint density at radius 2 is 1.95 bits per heavy atom. The fourth-order valence-electron chi connectivity index (χ4n) is 1.60. The van der Waals surface area contributed by atoms with Crippen LogP contribution in [0.1, 0.15) is 18.9 Å². The van der Waals surface area contributed by atoms with Gasteiger partial charge in [0.05, 0.1) is 6.61 Å². The van der Waals surface area contributed by atoms with Gasteiger partial charge in [0.25, 0.3) is 0 Å². The Hall–Kier alpha value is -1.87. The molecule has 3 nitrogen and oxygen atoms in total. The quantitative estimate of drug-likeness (QED) is 0.531. The van der Waals surface area contributed by atoms with Gasteiger partial charge in [0.1, 0.15) is 6.61 Å². The minimum Gasteiger partial charge on any atom is -0.459 e. The third-order valence-electron chi connectivity index (χ3n) is 2.70. The summed E-state index contributed by atoms with van der Waals surface area (Å²) in [4.78, 5) is 12.1. The summed E-state index contributed by atoms with van der Waals surface area (Å²) in [5.74, 6) is -0.391. The fraction of sp³-hybridized carbons (Fsp3) is 0.312. The highest BCUT2D eigenvalue weighted by Crippen LogP contribution is 2.19. The third-order valence-corrected chi connectivity index (χ3v) is 2.70. The SMILES string of the molecule is C=CCO[C@](C)(CC=C)C(=O)OCc1ccccc1. The number of benzene rings is 1. The minimum absolute atomic E-state index is 0.240. The lowest BCUT2D eigenvalue weighted by Gasteiger charge is -2.26. The summed E-state index contributed by atoms with van der Waals surface area (Å²) in [7, 11) is 0. The van der Waals surface area contributed by atoms with E-state index >= 15 is 0 Å². The number of esters is 1. The first kappa shape index (κ1) is 15.2. The highest BCUT2D eigenvalue weighted by atomic mass is 16.6. The van der Waals surface area contributed by atoms with Crippen molar-refractivity contribution in [3.8, 4) is 0 Å². The smallest absolute Gasteiger partial charge is 0.338 e. The molecule has 1 aromatic rings. The molecule has 3 heteroatoms. The topological polar surface area (TPSA) is 35.5 Å². The summed E-state index contributed by atoms with van der Waals surface area (Å²) in [6.07, 6.45) is 3.65. The molecule has 0 aliphatic rings. The van der Waals surface area contributed by atoms with Gasteiger partial charge in [0.15, 0.2) is 5.60 Å². The van der Waals surface area contributed by atoms with E-state index in [4.69, 9.17) is 9.47 Å². The van der Waals surface area contributed by atoms with Crippen molar-refractivity contribution in [1.82, 2.24) is 0 Å². The van der Waals surface area contributed by atoms with Crippen LogP contribution in [0, 0.1) is 0 Å². The van der Waals surface area contributed by atoms with Crippen LogP contribution in [-0.2, 0) is 20.9 Å². The highest BCUT2D eigenvalue weighted by Gasteiger charge is 2.34. The number of carbonyl (C=O) groups excluding carboxylic acids is 1. The largest absolute Gasteiger partial charge is 0.459 e. The van der Waals surface area contributed by atoms with Crippen LogP contribution in [0.25, 0.3) is 0 Å². The first-order valence-corrected chi connectivity index (χ1v) is 6.19. The van der Waals surface area contributed by atoms with E-state index in [0.717, 1.165) is 5.56 Å². The average Bonchev–Trinajstić information content (AvgIpc) is 2.44. The molecule has 1 aromatic carbocycles. The molecule has 0 radical (unpaired) electrons. The molecule has 0 unspecified atom stereocenters. The average molecular weight is 260 g/mol. The maximum absolute atomic E-state index is 12.1. The zero-order valence-electron chi connectivity index (χ0n) is 11.3. The molecule has 0 aliphatic carbocycles. The summed E-state index contributed by atoms with van der Waals surface area (Å²) < 4.78 is 10.8. The number of rotatable bonds is 8. The van der Waals surface area contributed by atoms with Crippen LogP contribution >= 0.6 is 0 Å². The van der Waals surface area contributed by atoms with Gasteiger partial charge >= 0.3 is 5.97 Å². The zero-order valence-corrected chi connectivity index (χ0v) is 11.3. The Kier molecular flexibility index (Phi) is 6.03. The van der Waals surface area contributed by atoms with E-state index in [2.05, 4.69) is 13.2 Å². The summed E-state index contributed by atoms with van der Waals surface area (Å²) in [6, 6.07) is 9.53. The lowest BCUT2D eigenvalue weighted by molar-refractivity contribution is -0.170. The summed E-state index contributed by atoms with van der Waals surface area (Å²) in [6.45, 7) is 9.45. The number of hydrogen-bond donors (Lipinski definition) is 0. The van der Waals surface area contributed by atoms with Gasteiger partial charge in [0, 0.05) is 6.42 Å². The number of ether oxygens (including phenoxy) is 2. The molecular formula is C16H20O3.